The molecule has 1 heterocycles. The number of nitrogens with one attached hydrogen (secondary N) is 1. The van der Waals surface area contributed by atoms with E-state index in [-0.39, 0.29) is 12.2 Å². The van der Waals surface area contributed by atoms with Crippen molar-refractivity contribution in [1.82, 2.24) is 0 Å². The molecule has 0 spiro atoms. The van der Waals surface area contributed by atoms with E-state index in [9.17, 15) is 14.4 Å². The van der Waals surface area contributed by atoms with Crippen LogP contribution >= 0.6 is 11.3 Å². The first-order chi connectivity index (χ1) is 13.8. The van der Waals surface area contributed by atoms with Crippen LogP contribution in [-0.4, -0.2) is 38.7 Å². The van der Waals surface area contributed by atoms with Crippen LogP contribution in [0.15, 0.2) is 18.2 Å². The Morgan fingerprint density at radius 3 is 2.41 bits per heavy atom. The predicted octanol–water partition coefficient (Wildman–Crippen LogP) is 3.37. The van der Waals surface area contributed by atoms with Gasteiger partial charge in [0.05, 0.1) is 25.7 Å². The van der Waals surface area contributed by atoms with E-state index in [2.05, 4.69) is 5.32 Å². The van der Waals surface area contributed by atoms with Crippen molar-refractivity contribution in [2.45, 2.75) is 32.6 Å². The monoisotopic (exact) mass is 417 g/mol. The smallest absolute Gasteiger partial charge is 0.341 e. The minimum absolute atomic E-state index is 0.202. The quantitative estimate of drug-likeness (QED) is 0.725. The maximum Gasteiger partial charge on any atom is 0.341 e. The van der Waals surface area contributed by atoms with Gasteiger partial charge in [-0.1, -0.05) is 6.07 Å². The van der Waals surface area contributed by atoms with Crippen LogP contribution in [-0.2, 0) is 25.5 Å². The minimum Gasteiger partial charge on any atom is -0.484 e. The van der Waals surface area contributed by atoms with Crippen molar-refractivity contribution in [3.8, 4) is 5.75 Å². The van der Waals surface area contributed by atoms with Gasteiger partial charge in [0.25, 0.3) is 5.91 Å². The van der Waals surface area contributed by atoms with E-state index in [0.717, 1.165) is 16.0 Å². The van der Waals surface area contributed by atoms with Gasteiger partial charge in [-0.05, 0) is 55.5 Å². The number of hydrogen-bond acceptors (Lipinski definition) is 7. The van der Waals surface area contributed by atoms with Gasteiger partial charge in [0.1, 0.15) is 10.8 Å². The van der Waals surface area contributed by atoms with Crippen LogP contribution in [0.2, 0.25) is 0 Å². The van der Waals surface area contributed by atoms with Gasteiger partial charge in [-0.15, -0.1) is 11.3 Å². The Labute approximate surface area is 173 Å². The van der Waals surface area contributed by atoms with E-state index in [4.69, 9.17) is 14.2 Å². The van der Waals surface area contributed by atoms with E-state index < -0.39 is 23.8 Å². The molecule has 0 saturated heterocycles. The molecule has 1 amide bonds. The molecule has 154 valence electrons. The fraction of sp³-hybridized carbons (Fsp3) is 0.381. The zero-order valence-electron chi connectivity index (χ0n) is 16.8. The summed E-state index contributed by atoms with van der Waals surface area (Å²) < 4.78 is 15.3. The van der Waals surface area contributed by atoms with Gasteiger partial charge in [-0.25, -0.2) is 4.79 Å². The van der Waals surface area contributed by atoms with Crippen LogP contribution < -0.4 is 10.1 Å². The number of fused-ring (bicyclic) bond motifs is 1. The van der Waals surface area contributed by atoms with Crippen LogP contribution in [0.3, 0.4) is 0 Å². The third kappa shape index (κ3) is 4.42. The molecule has 1 unspecified atom stereocenters. The summed E-state index contributed by atoms with van der Waals surface area (Å²) in [4.78, 5) is 37.8. The maximum absolute atomic E-state index is 12.4. The highest BCUT2D eigenvalue weighted by Crippen LogP contribution is 2.45. The van der Waals surface area contributed by atoms with Gasteiger partial charge in [0.2, 0.25) is 0 Å². The number of aryl methyl sites for hydroxylation is 3. The van der Waals surface area contributed by atoms with Gasteiger partial charge in [-0.2, -0.15) is 0 Å². The molecular formula is C21H23NO6S. The fourth-order valence-corrected chi connectivity index (χ4v) is 4.84. The second kappa shape index (κ2) is 8.65. The molecule has 1 N–H and O–H groups in total. The molecule has 1 aliphatic rings. The lowest BCUT2D eigenvalue weighted by Gasteiger charge is -2.12. The summed E-state index contributed by atoms with van der Waals surface area (Å²) >= 11 is 1.28. The van der Waals surface area contributed by atoms with Gasteiger partial charge in [0, 0.05) is 4.88 Å². The van der Waals surface area contributed by atoms with E-state index in [1.54, 1.807) is 0 Å². The molecular weight excluding hydrogens is 394 g/mol. The lowest BCUT2D eigenvalue weighted by molar-refractivity contribution is -0.142. The van der Waals surface area contributed by atoms with Crippen LogP contribution in [0.5, 0.6) is 5.75 Å². The SMILES string of the molecule is COC(=O)c1c(NC(=O)COc2cc(C)cc(C)c2)sc2c1C(C(=O)OC)CC2. The molecule has 0 bridgehead atoms. The van der Waals surface area contributed by atoms with Crippen LogP contribution in [0, 0.1) is 13.8 Å². The van der Waals surface area contributed by atoms with E-state index in [1.807, 2.05) is 32.0 Å². The first-order valence-electron chi connectivity index (χ1n) is 9.16. The fourth-order valence-electron chi connectivity index (χ4n) is 3.56. The summed E-state index contributed by atoms with van der Waals surface area (Å²) in [6, 6.07) is 5.71. The molecule has 7 nitrogen and oxygen atoms in total. The Kier molecular flexibility index (Phi) is 6.22. The molecule has 1 aromatic heterocycles. The normalized spacial score (nSPS) is 14.8. The number of ether oxygens (including phenoxy) is 3. The lowest BCUT2D eigenvalue weighted by atomic mass is 9.99. The van der Waals surface area contributed by atoms with Gasteiger partial charge in [0.15, 0.2) is 6.61 Å². The molecule has 0 radical (unpaired) electrons. The third-order valence-electron chi connectivity index (χ3n) is 4.72. The van der Waals surface area contributed by atoms with E-state index in [1.165, 1.54) is 25.6 Å². The number of amides is 1. The van der Waals surface area contributed by atoms with Gasteiger partial charge < -0.3 is 19.5 Å². The van der Waals surface area contributed by atoms with Crippen LogP contribution in [0.4, 0.5) is 5.00 Å². The Morgan fingerprint density at radius 1 is 1.10 bits per heavy atom. The molecule has 29 heavy (non-hydrogen) atoms. The van der Waals surface area contributed by atoms with Crippen LogP contribution in [0.1, 0.15) is 44.3 Å². The number of hydrogen-bond donors (Lipinski definition) is 1. The first kappa shape index (κ1) is 20.9. The molecule has 0 aliphatic heterocycles. The summed E-state index contributed by atoms with van der Waals surface area (Å²) in [6.07, 6.45) is 1.21. The second-order valence-electron chi connectivity index (χ2n) is 6.91. The summed E-state index contributed by atoms with van der Waals surface area (Å²) in [5.41, 5.74) is 2.90. The zero-order valence-corrected chi connectivity index (χ0v) is 17.6. The first-order valence-corrected chi connectivity index (χ1v) is 9.98. The Bertz CT molecular complexity index is 944. The van der Waals surface area contributed by atoms with E-state index >= 15 is 0 Å². The van der Waals surface area contributed by atoms with Crippen molar-refractivity contribution in [3.05, 3.63) is 45.3 Å². The number of anilines is 1. The number of methoxy groups -OCH3 is 2. The highest BCUT2D eigenvalue weighted by atomic mass is 32.1. The largest absolute Gasteiger partial charge is 0.484 e. The maximum atomic E-state index is 12.4. The number of thiophene rings is 1. The molecule has 1 atom stereocenters. The Balaban J connectivity index is 1.79. The average Bonchev–Trinajstić information content (AvgIpc) is 3.23. The molecule has 8 heteroatoms. The molecule has 0 fully saturated rings. The lowest BCUT2D eigenvalue weighted by Crippen LogP contribution is -2.22. The highest BCUT2D eigenvalue weighted by Gasteiger charge is 2.38. The molecule has 1 aliphatic carbocycles. The zero-order chi connectivity index (χ0) is 21.1. The number of benzene rings is 1. The number of esters is 2. The summed E-state index contributed by atoms with van der Waals surface area (Å²) in [5, 5.41) is 3.10. The van der Waals surface area contributed by atoms with Crippen molar-refractivity contribution in [1.29, 1.82) is 0 Å². The summed E-state index contributed by atoms with van der Waals surface area (Å²) in [7, 11) is 2.58. The average molecular weight is 417 g/mol. The highest BCUT2D eigenvalue weighted by molar-refractivity contribution is 7.17. The molecule has 0 saturated carbocycles. The van der Waals surface area contributed by atoms with Crippen molar-refractivity contribution < 1.29 is 28.6 Å². The standard InChI is InChI=1S/C21H23NO6S/c1-11-7-12(2)9-13(8-11)28-10-16(23)22-19-18(21(25)27-4)17-14(20(24)26-3)5-6-15(17)29-19/h7-9,14H,5-6,10H2,1-4H3,(H,22,23). The number of carbonyl (C=O) groups is 3. The number of rotatable bonds is 6. The van der Waals surface area contributed by atoms with Crippen LogP contribution in [0.25, 0.3) is 0 Å². The Morgan fingerprint density at radius 2 is 1.79 bits per heavy atom. The number of carbonyl (C=O) groups excluding carboxylic acids is 3. The van der Waals surface area contributed by atoms with Crippen molar-refractivity contribution in [2.24, 2.45) is 0 Å². The minimum atomic E-state index is -0.594. The van der Waals surface area contributed by atoms with Crippen molar-refractivity contribution >= 4 is 34.2 Å². The van der Waals surface area contributed by atoms with E-state index in [0.29, 0.717) is 29.2 Å². The second-order valence-corrected chi connectivity index (χ2v) is 8.01. The topological polar surface area (TPSA) is 90.9 Å². The molecule has 3 rings (SSSR count). The van der Waals surface area contributed by atoms with Gasteiger partial charge in [-0.3, -0.25) is 9.59 Å². The predicted molar refractivity (Wildman–Crippen MR) is 109 cm³/mol. The Hall–Kier alpha value is -2.87. The molecule has 2 aromatic rings. The van der Waals surface area contributed by atoms with Gasteiger partial charge >= 0.3 is 11.9 Å². The van der Waals surface area contributed by atoms with Crippen molar-refractivity contribution in [3.63, 3.8) is 0 Å². The van der Waals surface area contributed by atoms with Crippen molar-refractivity contribution in [2.75, 3.05) is 26.1 Å². The third-order valence-corrected chi connectivity index (χ3v) is 5.90. The molecule has 1 aromatic carbocycles. The summed E-state index contributed by atoms with van der Waals surface area (Å²) in [6.45, 7) is 3.70. The summed E-state index contributed by atoms with van der Waals surface area (Å²) in [5.74, 6) is -1.32.